The summed E-state index contributed by atoms with van der Waals surface area (Å²) in [5.41, 5.74) is 0.914. The monoisotopic (exact) mass is 306 g/mol. The molecule has 2 atom stereocenters. The first kappa shape index (κ1) is 14.6. The maximum Gasteiger partial charge on any atom is 0.161 e. The number of nitrogens with one attached hydrogen (secondary N) is 1. The zero-order valence-corrected chi connectivity index (χ0v) is 13.4. The maximum absolute atomic E-state index is 5.41. The molecular formula is C16H22N2O2S. The fraction of sp³-hybridized carbons (Fsp3) is 0.562. The van der Waals surface area contributed by atoms with E-state index >= 15 is 0 Å². The number of methoxy groups -OCH3 is 2. The van der Waals surface area contributed by atoms with Crippen LogP contribution in [0.5, 0.6) is 11.5 Å². The fourth-order valence-corrected chi connectivity index (χ4v) is 4.17. The lowest BCUT2D eigenvalue weighted by atomic mass is 9.86. The molecule has 0 bridgehead atoms. The van der Waals surface area contributed by atoms with Crippen LogP contribution >= 0.6 is 11.8 Å². The molecule has 0 amide bonds. The first-order valence-corrected chi connectivity index (χ1v) is 8.48. The van der Waals surface area contributed by atoms with E-state index in [1.807, 2.05) is 30.0 Å². The lowest BCUT2D eigenvalue weighted by Gasteiger charge is -2.32. The molecule has 3 rings (SSSR count). The third kappa shape index (κ3) is 3.28. The van der Waals surface area contributed by atoms with Crippen molar-refractivity contribution in [1.29, 1.82) is 0 Å². The average Bonchev–Trinajstić information content (AvgIpc) is 2.54. The minimum atomic E-state index is 0.499. The van der Waals surface area contributed by atoms with E-state index in [0.717, 1.165) is 28.3 Å². The minimum Gasteiger partial charge on any atom is -0.497 e. The number of thioether (sulfide) groups is 1. The summed E-state index contributed by atoms with van der Waals surface area (Å²) < 4.78 is 10.7. The summed E-state index contributed by atoms with van der Waals surface area (Å²) in [6.45, 7) is 0. The van der Waals surface area contributed by atoms with Gasteiger partial charge in [0, 0.05) is 11.8 Å². The molecule has 5 heteroatoms. The number of anilines is 1. The van der Waals surface area contributed by atoms with Crippen molar-refractivity contribution in [2.24, 2.45) is 10.9 Å². The van der Waals surface area contributed by atoms with Crippen LogP contribution in [0.3, 0.4) is 0 Å². The predicted molar refractivity (Wildman–Crippen MR) is 88.8 cm³/mol. The largest absolute Gasteiger partial charge is 0.497 e. The van der Waals surface area contributed by atoms with E-state index in [1.54, 1.807) is 14.2 Å². The number of hydrogen-bond donors (Lipinski definition) is 1. The topological polar surface area (TPSA) is 42.9 Å². The highest BCUT2D eigenvalue weighted by atomic mass is 32.2. The highest BCUT2D eigenvalue weighted by Crippen LogP contribution is 2.36. The Bertz CT molecular complexity index is 533. The van der Waals surface area contributed by atoms with Crippen molar-refractivity contribution in [3.05, 3.63) is 18.2 Å². The summed E-state index contributed by atoms with van der Waals surface area (Å²) in [7, 11) is 3.35. The van der Waals surface area contributed by atoms with Crippen molar-refractivity contribution < 1.29 is 9.47 Å². The van der Waals surface area contributed by atoms with Crippen LogP contribution in [-0.2, 0) is 0 Å². The highest BCUT2D eigenvalue weighted by Gasteiger charge is 2.29. The van der Waals surface area contributed by atoms with Crippen molar-refractivity contribution >= 4 is 22.6 Å². The summed E-state index contributed by atoms with van der Waals surface area (Å²) in [5, 5.41) is 4.42. The quantitative estimate of drug-likeness (QED) is 0.923. The molecule has 1 aromatic carbocycles. The predicted octanol–water partition coefficient (Wildman–Crippen LogP) is 3.78. The third-order valence-corrected chi connectivity index (χ3v) is 5.31. The van der Waals surface area contributed by atoms with Gasteiger partial charge in [0.25, 0.3) is 0 Å². The second-order valence-electron chi connectivity index (χ2n) is 5.55. The average molecular weight is 306 g/mol. The van der Waals surface area contributed by atoms with Crippen LogP contribution in [0.25, 0.3) is 0 Å². The normalized spacial score (nSPS) is 24.8. The van der Waals surface area contributed by atoms with Crippen LogP contribution in [0.1, 0.15) is 25.7 Å². The Morgan fingerprint density at radius 2 is 2.05 bits per heavy atom. The van der Waals surface area contributed by atoms with Crippen LogP contribution in [0.15, 0.2) is 23.2 Å². The lowest BCUT2D eigenvalue weighted by Crippen LogP contribution is -2.31. The molecule has 2 aliphatic rings. The van der Waals surface area contributed by atoms with E-state index in [2.05, 4.69) is 5.32 Å². The van der Waals surface area contributed by atoms with Gasteiger partial charge in [0.05, 0.1) is 25.9 Å². The van der Waals surface area contributed by atoms with Crippen molar-refractivity contribution in [3.63, 3.8) is 0 Å². The number of fused-ring (bicyclic) bond motifs is 1. The third-order valence-electron chi connectivity index (χ3n) is 4.23. The minimum absolute atomic E-state index is 0.499. The first-order valence-electron chi connectivity index (χ1n) is 7.50. The second kappa shape index (κ2) is 6.60. The Kier molecular flexibility index (Phi) is 4.58. The summed E-state index contributed by atoms with van der Waals surface area (Å²) in [6.07, 6.45) is 5.23. The van der Waals surface area contributed by atoms with Gasteiger partial charge in [-0.25, -0.2) is 0 Å². The number of amidine groups is 1. The van der Waals surface area contributed by atoms with Crippen molar-refractivity contribution in [3.8, 4) is 11.5 Å². The number of rotatable bonds is 3. The molecule has 21 heavy (non-hydrogen) atoms. The fourth-order valence-electron chi connectivity index (χ4n) is 3.02. The molecule has 1 N–H and O–H groups in total. The molecule has 1 aromatic rings. The molecule has 1 heterocycles. The van der Waals surface area contributed by atoms with Crippen LogP contribution in [0.4, 0.5) is 5.69 Å². The zero-order chi connectivity index (χ0) is 14.7. The zero-order valence-electron chi connectivity index (χ0n) is 12.6. The summed E-state index contributed by atoms with van der Waals surface area (Å²) in [5.74, 6) is 3.56. The Labute approximate surface area is 130 Å². The van der Waals surface area contributed by atoms with Gasteiger partial charge in [-0.2, -0.15) is 0 Å². The molecule has 1 saturated carbocycles. The molecule has 0 aromatic heterocycles. The van der Waals surface area contributed by atoms with Gasteiger partial charge in [-0.3, -0.25) is 4.99 Å². The second-order valence-corrected chi connectivity index (χ2v) is 6.56. The Morgan fingerprint density at radius 1 is 1.19 bits per heavy atom. The number of aliphatic imine (C=N–C) groups is 1. The van der Waals surface area contributed by atoms with E-state index in [0.29, 0.717) is 6.04 Å². The smallest absolute Gasteiger partial charge is 0.161 e. The van der Waals surface area contributed by atoms with Gasteiger partial charge in [0.1, 0.15) is 11.5 Å². The molecule has 2 unspecified atom stereocenters. The van der Waals surface area contributed by atoms with E-state index in [-0.39, 0.29) is 0 Å². The summed E-state index contributed by atoms with van der Waals surface area (Å²) >= 11 is 1.82. The van der Waals surface area contributed by atoms with Gasteiger partial charge in [0.2, 0.25) is 0 Å². The van der Waals surface area contributed by atoms with E-state index in [1.165, 1.54) is 31.4 Å². The SMILES string of the molecule is COc1ccc(OC)c(NC2=NC3CCCCC3CS2)c1. The Hall–Kier alpha value is -1.36. The van der Waals surface area contributed by atoms with Crippen molar-refractivity contribution in [2.75, 3.05) is 25.3 Å². The number of nitrogens with zero attached hydrogens (tertiary/aromatic N) is 1. The number of ether oxygens (including phenoxy) is 2. The van der Waals surface area contributed by atoms with Crippen molar-refractivity contribution in [2.45, 2.75) is 31.7 Å². The van der Waals surface area contributed by atoms with E-state index < -0.39 is 0 Å². The number of benzene rings is 1. The molecule has 114 valence electrons. The van der Waals surface area contributed by atoms with E-state index in [4.69, 9.17) is 14.5 Å². The van der Waals surface area contributed by atoms with Crippen LogP contribution in [0.2, 0.25) is 0 Å². The molecule has 0 radical (unpaired) electrons. The van der Waals surface area contributed by atoms with Gasteiger partial charge in [-0.05, 0) is 30.9 Å². The molecule has 1 aliphatic carbocycles. The van der Waals surface area contributed by atoms with E-state index in [9.17, 15) is 0 Å². The van der Waals surface area contributed by atoms with Gasteiger partial charge >= 0.3 is 0 Å². The summed E-state index contributed by atoms with van der Waals surface area (Å²) in [4.78, 5) is 4.90. The molecular weight excluding hydrogens is 284 g/mol. The summed E-state index contributed by atoms with van der Waals surface area (Å²) in [6, 6.07) is 6.27. The Morgan fingerprint density at radius 3 is 2.86 bits per heavy atom. The van der Waals surface area contributed by atoms with Gasteiger partial charge in [-0.1, -0.05) is 24.6 Å². The lowest BCUT2D eigenvalue weighted by molar-refractivity contribution is 0.336. The van der Waals surface area contributed by atoms with Crippen LogP contribution < -0.4 is 14.8 Å². The van der Waals surface area contributed by atoms with Gasteiger partial charge in [-0.15, -0.1) is 0 Å². The Balaban J connectivity index is 1.78. The molecule has 1 aliphatic heterocycles. The van der Waals surface area contributed by atoms with Gasteiger partial charge < -0.3 is 14.8 Å². The molecule has 0 spiro atoms. The highest BCUT2D eigenvalue weighted by molar-refractivity contribution is 8.14. The first-order chi connectivity index (χ1) is 10.3. The molecule has 4 nitrogen and oxygen atoms in total. The molecule has 1 fully saturated rings. The number of hydrogen-bond acceptors (Lipinski definition) is 5. The van der Waals surface area contributed by atoms with Gasteiger partial charge in [0.15, 0.2) is 5.17 Å². The maximum atomic E-state index is 5.41. The van der Waals surface area contributed by atoms with Crippen molar-refractivity contribution in [1.82, 2.24) is 0 Å². The van der Waals surface area contributed by atoms with Crippen LogP contribution in [0, 0.1) is 5.92 Å². The standard InChI is InChI=1S/C16H22N2O2S/c1-19-12-7-8-15(20-2)14(9-12)18-16-17-13-6-4-3-5-11(13)10-21-16/h7-9,11,13H,3-6,10H2,1-2H3,(H,17,18). The molecule has 0 saturated heterocycles. The van der Waals surface area contributed by atoms with Crippen LogP contribution in [-0.4, -0.2) is 31.2 Å².